The van der Waals surface area contributed by atoms with Crippen LogP contribution in [0.5, 0.6) is 0 Å². The van der Waals surface area contributed by atoms with E-state index in [1.54, 1.807) is 14.2 Å². The third-order valence-electron chi connectivity index (χ3n) is 5.60. The summed E-state index contributed by atoms with van der Waals surface area (Å²) in [7, 11) is 3.42. The van der Waals surface area contributed by atoms with E-state index in [0.29, 0.717) is 32.3 Å². The number of methoxy groups -OCH3 is 2. The Morgan fingerprint density at radius 3 is 2.79 bits per heavy atom. The van der Waals surface area contributed by atoms with Crippen molar-refractivity contribution in [1.29, 1.82) is 0 Å². The van der Waals surface area contributed by atoms with Gasteiger partial charge in [0.25, 0.3) is 0 Å². The Morgan fingerprint density at radius 1 is 1.36 bits per heavy atom. The molecule has 0 bridgehead atoms. The molecule has 0 aromatic heterocycles. The molecule has 6 nitrogen and oxygen atoms in total. The molecule has 8 heteroatoms. The van der Waals surface area contributed by atoms with Gasteiger partial charge in [0.2, 0.25) is 5.91 Å². The highest BCUT2D eigenvalue weighted by atomic mass is 79.9. The molecule has 2 heterocycles. The molecule has 0 saturated carbocycles. The van der Waals surface area contributed by atoms with E-state index in [4.69, 9.17) is 9.47 Å². The number of rotatable bonds is 6. The average molecular weight is 477 g/mol. The van der Waals surface area contributed by atoms with Crippen molar-refractivity contribution >= 4 is 39.9 Å². The first-order chi connectivity index (χ1) is 12.9. The summed E-state index contributed by atoms with van der Waals surface area (Å²) in [5.74, 6) is 0.129. The number of anilines is 1. The summed E-state index contributed by atoms with van der Waals surface area (Å²) in [6.45, 7) is 8.24. The summed E-state index contributed by atoms with van der Waals surface area (Å²) in [5, 5.41) is 3.47. The molecule has 3 rings (SSSR count). The molecule has 2 aliphatic rings. The van der Waals surface area contributed by atoms with E-state index in [1.807, 2.05) is 17.0 Å². The number of halogens is 2. The molecule has 158 valence electrons. The van der Waals surface area contributed by atoms with Crippen molar-refractivity contribution in [3.63, 3.8) is 0 Å². The number of hydrogen-bond donors (Lipinski definition) is 1. The molecule has 1 saturated heterocycles. The van der Waals surface area contributed by atoms with Crippen LogP contribution in [0.3, 0.4) is 0 Å². The molecule has 1 aromatic rings. The molecule has 1 N–H and O–H groups in total. The van der Waals surface area contributed by atoms with Crippen molar-refractivity contribution in [2.45, 2.75) is 31.3 Å². The lowest BCUT2D eigenvalue weighted by Crippen LogP contribution is -2.59. The quantitative estimate of drug-likeness (QED) is 0.683. The highest BCUT2D eigenvalue weighted by molar-refractivity contribution is 9.10. The van der Waals surface area contributed by atoms with Crippen LogP contribution in [-0.2, 0) is 19.7 Å². The molecule has 3 atom stereocenters. The van der Waals surface area contributed by atoms with Gasteiger partial charge in [-0.1, -0.05) is 28.9 Å². The largest absolute Gasteiger partial charge is 0.384 e. The second-order valence-electron chi connectivity index (χ2n) is 7.98. The number of nitrogens with one attached hydrogen (secondary N) is 1. The van der Waals surface area contributed by atoms with Gasteiger partial charge in [0.1, 0.15) is 0 Å². The van der Waals surface area contributed by atoms with Gasteiger partial charge >= 0.3 is 0 Å². The molecule has 0 spiro atoms. The number of piperazine rings is 1. The Kier molecular flexibility index (Phi) is 8.31. The smallest absolute Gasteiger partial charge is 0.241 e. The first-order valence-corrected chi connectivity index (χ1v) is 10.2. The number of amides is 1. The molecule has 0 aliphatic carbocycles. The number of fused-ring (bicyclic) bond motifs is 1. The Bertz CT molecular complexity index is 693. The monoisotopic (exact) mass is 475 g/mol. The van der Waals surface area contributed by atoms with Crippen molar-refractivity contribution in [3.05, 3.63) is 28.2 Å². The lowest BCUT2D eigenvalue weighted by atomic mass is 9.85. The number of carbonyl (C=O) groups is 1. The van der Waals surface area contributed by atoms with E-state index < -0.39 is 0 Å². The number of nitrogens with zero attached hydrogens (tertiary/aromatic N) is 2. The van der Waals surface area contributed by atoms with E-state index in [0.717, 1.165) is 23.2 Å². The molecule has 0 radical (unpaired) electrons. The number of benzene rings is 1. The molecular weight excluding hydrogens is 446 g/mol. The SMILES string of the molecule is COC[C@H]1CN[C@H](C)CN1CC(=O)N1C[C@@](C)(COC)c2ccc(Br)cc21.Cl. The van der Waals surface area contributed by atoms with Gasteiger partial charge in [0, 0.05) is 61.5 Å². The molecule has 28 heavy (non-hydrogen) atoms. The first kappa shape index (κ1) is 23.6. The van der Waals surface area contributed by atoms with Crippen LogP contribution in [0, 0.1) is 0 Å². The predicted molar refractivity (Wildman–Crippen MR) is 118 cm³/mol. The maximum absolute atomic E-state index is 13.3. The van der Waals surface area contributed by atoms with Crippen LogP contribution in [-0.4, -0.2) is 76.5 Å². The fourth-order valence-corrected chi connectivity index (χ4v) is 4.61. The normalized spacial score (nSPS) is 27.4. The molecule has 1 fully saturated rings. The lowest BCUT2D eigenvalue weighted by Gasteiger charge is -2.39. The summed E-state index contributed by atoms with van der Waals surface area (Å²) in [6, 6.07) is 6.76. The second-order valence-corrected chi connectivity index (χ2v) is 8.90. The summed E-state index contributed by atoms with van der Waals surface area (Å²) in [6.07, 6.45) is 0. The van der Waals surface area contributed by atoms with Crippen LogP contribution in [0.1, 0.15) is 19.4 Å². The molecule has 1 aromatic carbocycles. The topological polar surface area (TPSA) is 54.0 Å². The van der Waals surface area contributed by atoms with Gasteiger partial charge in [-0.15, -0.1) is 12.4 Å². The van der Waals surface area contributed by atoms with Crippen LogP contribution >= 0.6 is 28.3 Å². The average Bonchev–Trinajstić information content (AvgIpc) is 2.90. The van der Waals surface area contributed by atoms with E-state index in [1.165, 1.54) is 5.56 Å². The van der Waals surface area contributed by atoms with E-state index in [9.17, 15) is 4.79 Å². The lowest BCUT2D eigenvalue weighted by molar-refractivity contribution is -0.121. The Hall–Kier alpha value is -0.700. The highest BCUT2D eigenvalue weighted by Crippen LogP contribution is 2.42. The predicted octanol–water partition coefficient (Wildman–Crippen LogP) is 2.43. The Balaban J connectivity index is 0.00000280. The molecule has 1 amide bonds. The van der Waals surface area contributed by atoms with Gasteiger partial charge in [-0.25, -0.2) is 0 Å². The Labute approximate surface area is 182 Å². The standard InChI is InChI=1S/C20H30BrN3O3.ClH/c1-14-9-23(16(8-22-14)11-26-3)10-19(25)24-12-20(2,13-27-4)17-6-5-15(21)7-18(17)24;/h5-7,14,16,22H,8-13H2,1-4H3;1H/t14-,16-,20+;/m1./s1. The number of ether oxygens (including phenoxy) is 2. The Morgan fingerprint density at radius 2 is 2.11 bits per heavy atom. The van der Waals surface area contributed by atoms with Crippen LogP contribution in [0.15, 0.2) is 22.7 Å². The first-order valence-electron chi connectivity index (χ1n) is 9.43. The van der Waals surface area contributed by atoms with Crippen LogP contribution in [0.4, 0.5) is 5.69 Å². The van der Waals surface area contributed by atoms with Gasteiger partial charge in [0.05, 0.1) is 19.8 Å². The number of carbonyl (C=O) groups excluding carboxylic acids is 1. The van der Waals surface area contributed by atoms with Gasteiger partial charge in [-0.05, 0) is 24.6 Å². The van der Waals surface area contributed by atoms with Crippen LogP contribution in [0.25, 0.3) is 0 Å². The van der Waals surface area contributed by atoms with Gasteiger partial charge in [0.15, 0.2) is 0 Å². The summed E-state index contributed by atoms with van der Waals surface area (Å²) in [5.41, 5.74) is 1.96. The zero-order chi connectivity index (χ0) is 19.6. The van der Waals surface area contributed by atoms with Crippen molar-refractivity contribution < 1.29 is 14.3 Å². The maximum Gasteiger partial charge on any atom is 0.241 e. The van der Waals surface area contributed by atoms with Crippen molar-refractivity contribution in [1.82, 2.24) is 10.2 Å². The zero-order valence-electron chi connectivity index (χ0n) is 17.0. The highest BCUT2D eigenvalue weighted by Gasteiger charge is 2.42. The maximum atomic E-state index is 13.3. The van der Waals surface area contributed by atoms with Crippen LogP contribution < -0.4 is 10.2 Å². The van der Waals surface area contributed by atoms with E-state index >= 15 is 0 Å². The summed E-state index contributed by atoms with van der Waals surface area (Å²) < 4.78 is 11.8. The third-order valence-corrected chi connectivity index (χ3v) is 6.09. The molecule has 2 aliphatic heterocycles. The summed E-state index contributed by atoms with van der Waals surface area (Å²) >= 11 is 3.55. The molecule has 0 unspecified atom stereocenters. The van der Waals surface area contributed by atoms with Crippen molar-refractivity contribution in [2.24, 2.45) is 0 Å². The van der Waals surface area contributed by atoms with Crippen LogP contribution in [0.2, 0.25) is 0 Å². The van der Waals surface area contributed by atoms with Crippen molar-refractivity contribution in [2.75, 3.05) is 58.5 Å². The zero-order valence-corrected chi connectivity index (χ0v) is 19.4. The van der Waals surface area contributed by atoms with E-state index in [-0.39, 0.29) is 29.8 Å². The van der Waals surface area contributed by atoms with Gasteiger partial charge in [-0.2, -0.15) is 0 Å². The van der Waals surface area contributed by atoms with Crippen molar-refractivity contribution in [3.8, 4) is 0 Å². The second kappa shape index (κ2) is 9.87. The summed E-state index contributed by atoms with van der Waals surface area (Å²) in [4.78, 5) is 17.5. The number of hydrogen-bond acceptors (Lipinski definition) is 5. The fourth-order valence-electron chi connectivity index (χ4n) is 4.26. The minimum atomic E-state index is -0.191. The third kappa shape index (κ3) is 4.89. The van der Waals surface area contributed by atoms with E-state index in [2.05, 4.69) is 46.1 Å². The van der Waals surface area contributed by atoms with Gasteiger partial charge in [-0.3, -0.25) is 9.69 Å². The minimum absolute atomic E-state index is 0. The van der Waals surface area contributed by atoms with Gasteiger partial charge < -0.3 is 19.7 Å². The fraction of sp³-hybridized carbons (Fsp3) is 0.650. The molecular formula is C20H31BrClN3O3. The minimum Gasteiger partial charge on any atom is -0.384 e.